The molecule has 1 atom stereocenters. The third-order valence-corrected chi connectivity index (χ3v) is 2.45. The zero-order chi connectivity index (χ0) is 14.4. The average molecular weight is 276 g/mol. The molecule has 0 saturated carbocycles. The summed E-state index contributed by atoms with van der Waals surface area (Å²) in [5.41, 5.74) is 4.53. The fourth-order valence-corrected chi connectivity index (χ4v) is 1.62. The van der Waals surface area contributed by atoms with Crippen LogP contribution in [0.5, 0.6) is 0 Å². The van der Waals surface area contributed by atoms with Crippen molar-refractivity contribution in [3.8, 4) is 0 Å². The van der Waals surface area contributed by atoms with E-state index in [2.05, 4.69) is 5.32 Å². The summed E-state index contributed by atoms with van der Waals surface area (Å²) >= 11 is 0. The first kappa shape index (κ1) is 15.5. The van der Waals surface area contributed by atoms with Crippen LogP contribution in [0.4, 0.5) is 13.2 Å². The number of amides is 1. The Hall–Kier alpha value is -1.60. The van der Waals surface area contributed by atoms with Gasteiger partial charge in [0.05, 0.1) is 12.6 Å². The number of carbonyl (C=O) groups excluding carboxylic acids is 1. The van der Waals surface area contributed by atoms with Crippen molar-refractivity contribution in [2.24, 2.45) is 5.73 Å². The van der Waals surface area contributed by atoms with Crippen LogP contribution in [0, 0.1) is 17.5 Å². The minimum absolute atomic E-state index is 0.160. The highest BCUT2D eigenvalue weighted by molar-refractivity contribution is 5.94. The van der Waals surface area contributed by atoms with Crippen molar-refractivity contribution in [1.29, 1.82) is 0 Å². The molecule has 0 bridgehead atoms. The van der Waals surface area contributed by atoms with Crippen molar-refractivity contribution >= 4 is 5.91 Å². The first-order valence-electron chi connectivity index (χ1n) is 5.64. The zero-order valence-electron chi connectivity index (χ0n) is 10.4. The van der Waals surface area contributed by atoms with E-state index in [1.807, 2.05) is 0 Å². The zero-order valence-corrected chi connectivity index (χ0v) is 10.4. The van der Waals surface area contributed by atoms with Gasteiger partial charge in [0.1, 0.15) is 23.0 Å². The van der Waals surface area contributed by atoms with Crippen molar-refractivity contribution in [2.45, 2.75) is 12.5 Å². The molecule has 1 rings (SSSR count). The van der Waals surface area contributed by atoms with Gasteiger partial charge in [0, 0.05) is 19.2 Å². The Bertz CT molecular complexity index is 426. The molecular weight excluding hydrogens is 261 g/mol. The molecule has 0 aliphatic heterocycles. The number of nitrogens with two attached hydrogens (primary N) is 1. The van der Waals surface area contributed by atoms with Gasteiger partial charge >= 0.3 is 0 Å². The molecule has 19 heavy (non-hydrogen) atoms. The van der Waals surface area contributed by atoms with Gasteiger partial charge in [-0.2, -0.15) is 0 Å². The van der Waals surface area contributed by atoms with Gasteiger partial charge in [-0.3, -0.25) is 4.79 Å². The lowest BCUT2D eigenvalue weighted by atomic mass is 10.1. The van der Waals surface area contributed by atoms with Crippen LogP contribution < -0.4 is 11.1 Å². The van der Waals surface area contributed by atoms with E-state index >= 15 is 0 Å². The first-order chi connectivity index (χ1) is 8.99. The number of ether oxygens (including phenoxy) is 1. The third-order valence-electron chi connectivity index (χ3n) is 2.45. The lowest BCUT2D eigenvalue weighted by Crippen LogP contribution is -2.40. The Morgan fingerprint density at radius 3 is 2.42 bits per heavy atom. The average Bonchev–Trinajstić information content (AvgIpc) is 2.27. The molecule has 1 aromatic carbocycles. The number of hydrogen-bond acceptors (Lipinski definition) is 3. The predicted octanol–water partition coefficient (Wildman–Crippen LogP) is 1.20. The molecule has 0 aliphatic rings. The second-order valence-electron chi connectivity index (χ2n) is 3.95. The molecule has 0 saturated heterocycles. The SMILES string of the molecule is COCC(CCN)NC(=O)c1c(F)cc(F)cc1F. The molecule has 0 heterocycles. The van der Waals surface area contributed by atoms with E-state index in [1.54, 1.807) is 0 Å². The summed E-state index contributed by atoms with van der Waals surface area (Å²) in [6.45, 7) is 0.441. The Morgan fingerprint density at radius 2 is 1.95 bits per heavy atom. The van der Waals surface area contributed by atoms with Crippen LogP contribution in [-0.2, 0) is 4.74 Å². The monoisotopic (exact) mass is 276 g/mol. The highest BCUT2D eigenvalue weighted by Crippen LogP contribution is 2.15. The van der Waals surface area contributed by atoms with Crippen LogP contribution in [0.15, 0.2) is 12.1 Å². The fraction of sp³-hybridized carbons (Fsp3) is 0.417. The Kier molecular flexibility index (Phi) is 5.78. The number of halogens is 3. The summed E-state index contributed by atoms with van der Waals surface area (Å²) in [6.07, 6.45) is 0.393. The minimum Gasteiger partial charge on any atom is -0.383 e. The van der Waals surface area contributed by atoms with Crippen LogP contribution in [0.25, 0.3) is 0 Å². The molecule has 7 heteroatoms. The van der Waals surface area contributed by atoms with Gasteiger partial charge in [-0.1, -0.05) is 0 Å². The van der Waals surface area contributed by atoms with Gasteiger partial charge in [-0.25, -0.2) is 13.2 Å². The molecule has 0 aliphatic carbocycles. The number of hydrogen-bond donors (Lipinski definition) is 2. The Balaban J connectivity index is 2.88. The fourth-order valence-electron chi connectivity index (χ4n) is 1.62. The maximum atomic E-state index is 13.4. The normalized spacial score (nSPS) is 12.3. The van der Waals surface area contributed by atoms with Crippen molar-refractivity contribution < 1.29 is 22.7 Å². The number of carbonyl (C=O) groups is 1. The maximum absolute atomic E-state index is 13.4. The molecule has 3 N–H and O–H groups in total. The first-order valence-corrected chi connectivity index (χ1v) is 5.64. The molecule has 0 fully saturated rings. The van der Waals surface area contributed by atoms with Crippen LogP contribution >= 0.6 is 0 Å². The standard InChI is InChI=1S/C12H15F3N2O2/c1-19-6-8(2-3-16)17-12(18)11-9(14)4-7(13)5-10(11)15/h4-5,8H,2-3,6,16H2,1H3,(H,17,18). The number of benzene rings is 1. The van der Waals surface area contributed by atoms with Crippen LogP contribution in [0.2, 0.25) is 0 Å². The summed E-state index contributed by atoms with van der Waals surface area (Å²) in [5, 5.41) is 2.39. The van der Waals surface area contributed by atoms with E-state index in [-0.39, 0.29) is 13.2 Å². The third kappa shape index (κ3) is 4.22. The van der Waals surface area contributed by atoms with Crippen molar-refractivity contribution in [3.63, 3.8) is 0 Å². The molecule has 1 aromatic rings. The lowest BCUT2D eigenvalue weighted by Gasteiger charge is -2.17. The van der Waals surface area contributed by atoms with E-state index in [1.165, 1.54) is 7.11 Å². The topological polar surface area (TPSA) is 64.3 Å². The number of rotatable bonds is 6. The molecule has 1 unspecified atom stereocenters. The molecule has 0 radical (unpaired) electrons. The minimum atomic E-state index is -1.25. The maximum Gasteiger partial charge on any atom is 0.257 e. The largest absolute Gasteiger partial charge is 0.383 e. The molecule has 4 nitrogen and oxygen atoms in total. The summed E-state index contributed by atoms with van der Waals surface area (Å²) in [6, 6.07) is 0.435. The highest BCUT2D eigenvalue weighted by Gasteiger charge is 2.21. The lowest BCUT2D eigenvalue weighted by molar-refractivity contribution is 0.0885. The molecule has 0 spiro atoms. The van der Waals surface area contributed by atoms with E-state index in [9.17, 15) is 18.0 Å². The van der Waals surface area contributed by atoms with E-state index < -0.39 is 35.0 Å². The van der Waals surface area contributed by atoms with Crippen molar-refractivity contribution in [1.82, 2.24) is 5.32 Å². The molecule has 1 amide bonds. The number of nitrogens with one attached hydrogen (secondary N) is 1. The molecule has 106 valence electrons. The van der Waals surface area contributed by atoms with Crippen molar-refractivity contribution in [2.75, 3.05) is 20.3 Å². The Labute approximate surface area is 108 Å². The van der Waals surface area contributed by atoms with Gasteiger partial charge in [-0.05, 0) is 13.0 Å². The second-order valence-corrected chi connectivity index (χ2v) is 3.95. The van der Waals surface area contributed by atoms with Crippen molar-refractivity contribution in [3.05, 3.63) is 35.1 Å². The summed E-state index contributed by atoms with van der Waals surface area (Å²) in [4.78, 5) is 11.7. The van der Waals surface area contributed by atoms with Gasteiger partial charge in [0.2, 0.25) is 0 Å². The van der Waals surface area contributed by atoms with Gasteiger partial charge < -0.3 is 15.8 Å². The predicted molar refractivity (Wildman–Crippen MR) is 63.1 cm³/mol. The summed E-state index contributed by atoms with van der Waals surface area (Å²) in [5.74, 6) is -4.55. The quantitative estimate of drug-likeness (QED) is 0.820. The molecule has 0 aromatic heterocycles. The van der Waals surface area contributed by atoms with Gasteiger partial charge in [-0.15, -0.1) is 0 Å². The van der Waals surface area contributed by atoms with E-state index in [4.69, 9.17) is 10.5 Å². The van der Waals surface area contributed by atoms with Crippen LogP contribution in [0.1, 0.15) is 16.8 Å². The van der Waals surface area contributed by atoms with E-state index in [0.29, 0.717) is 18.6 Å². The summed E-state index contributed by atoms with van der Waals surface area (Å²) in [7, 11) is 1.43. The highest BCUT2D eigenvalue weighted by atomic mass is 19.1. The molecular formula is C12H15F3N2O2. The second kappa shape index (κ2) is 7.10. The summed E-state index contributed by atoms with van der Waals surface area (Å²) < 4.78 is 44.4. The Morgan fingerprint density at radius 1 is 1.37 bits per heavy atom. The number of methoxy groups -OCH3 is 1. The smallest absolute Gasteiger partial charge is 0.257 e. The van der Waals surface area contributed by atoms with E-state index in [0.717, 1.165) is 0 Å². The van der Waals surface area contributed by atoms with Crippen LogP contribution in [0.3, 0.4) is 0 Å². The van der Waals surface area contributed by atoms with Crippen LogP contribution in [-0.4, -0.2) is 32.2 Å². The van der Waals surface area contributed by atoms with Gasteiger partial charge in [0.15, 0.2) is 0 Å². The van der Waals surface area contributed by atoms with Gasteiger partial charge in [0.25, 0.3) is 5.91 Å².